The third-order valence-electron chi connectivity index (χ3n) is 4.84. The number of nitrogens with one attached hydrogen (secondary N) is 2. The Hall–Kier alpha value is -2.93. The predicted molar refractivity (Wildman–Crippen MR) is 114 cm³/mol. The van der Waals surface area contributed by atoms with Crippen molar-refractivity contribution in [2.45, 2.75) is 39.3 Å². The minimum Gasteiger partial charge on any atom is -0.492 e. The van der Waals surface area contributed by atoms with Crippen molar-refractivity contribution in [2.75, 3.05) is 24.6 Å². The fourth-order valence-electron chi connectivity index (χ4n) is 3.48. The van der Waals surface area contributed by atoms with Crippen LogP contribution in [0.5, 0.6) is 5.75 Å². The molecule has 0 saturated carbocycles. The van der Waals surface area contributed by atoms with Crippen molar-refractivity contribution < 1.29 is 14.3 Å². The van der Waals surface area contributed by atoms with Crippen LogP contribution in [0.15, 0.2) is 53.1 Å². The van der Waals surface area contributed by atoms with Crippen molar-refractivity contribution in [1.82, 2.24) is 10.6 Å². The molecule has 2 unspecified atom stereocenters. The molecule has 29 heavy (non-hydrogen) atoms. The van der Waals surface area contributed by atoms with Crippen LogP contribution in [0.3, 0.4) is 0 Å². The van der Waals surface area contributed by atoms with Gasteiger partial charge in [-0.2, -0.15) is 0 Å². The second-order valence-corrected chi connectivity index (χ2v) is 6.99. The lowest BCUT2D eigenvalue weighted by atomic mass is 9.95. The number of ether oxygens (including phenoxy) is 1. The third-order valence-corrected chi connectivity index (χ3v) is 4.84. The summed E-state index contributed by atoms with van der Waals surface area (Å²) in [7, 11) is 0. The molecular weight excluding hydrogens is 368 g/mol. The first-order chi connectivity index (χ1) is 14.0. The first-order valence-corrected chi connectivity index (χ1v) is 10.0. The molecule has 3 rings (SSSR count). The number of amidine groups is 1. The molecule has 1 aliphatic heterocycles. The number of rotatable bonds is 8. The van der Waals surface area contributed by atoms with Crippen LogP contribution in [0.25, 0.3) is 0 Å². The smallest absolute Gasteiger partial charge is 0.262 e. The van der Waals surface area contributed by atoms with Crippen LogP contribution >= 0.6 is 0 Å². The second-order valence-electron chi connectivity index (χ2n) is 6.99. The van der Waals surface area contributed by atoms with Gasteiger partial charge in [-0.25, -0.2) is 0 Å². The van der Waals surface area contributed by atoms with E-state index in [2.05, 4.69) is 10.6 Å². The molecule has 7 heteroatoms. The molecule has 2 atom stereocenters. The van der Waals surface area contributed by atoms with Gasteiger partial charge in [0.25, 0.3) is 5.91 Å². The van der Waals surface area contributed by atoms with Gasteiger partial charge in [0.2, 0.25) is 5.91 Å². The molecule has 0 fully saturated rings. The highest BCUT2D eigenvalue weighted by atomic mass is 16.5. The minimum atomic E-state index is -0.185. The fourth-order valence-corrected chi connectivity index (χ4v) is 3.48. The van der Waals surface area contributed by atoms with Gasteiger partial charge in [-0.1, -0.05) is 30.4 Å². The van der Waals surface area contributed by atoms with Crippen molar-refractivity contribution in [3.8, 4) is 5.75 Å². The number of amides is 2. The monoisotopic (exact) mass is 396 g/mol. The SMILES string of the molecule is CCOc1ccccc1N1C(=O)C2=CC=CCC2N=C1C(C)NCCNC(C)=O. The molecule has 1 aromatic carbocycles. The van der Waals surface area contributed by atoms with E-state index >= 15 is 0 Å². The summed E-state index contributed by atoms with van der Waals surface area (Å²) in [6, 6.07) is 7.16. The van der Waals surface area contributed by atoms with E-state index in [0.717, 1.165) is 0 Å². The Bertz CT molecular complexity index is 859. The van der Waals surface area contributed by atoms with Crippen LogP contribution < -0.4 is 20.3 Å². The van der Waals surface area contributed by atoms with Crippen LogP contribution in [0, 0.1) is 0 Å². The molecule has 0 spiro atoms. The molecule has 154 valence electrons. The molecule has 1 heterocycles. The molecule has 7 nitrogen and oxygen atoms in total. The Labute approximate surface area is 171 Å². The topological polar surface area (TPSA) is 83.0 Å². The van der Waals surface area contributed by atoms with Crippen LogP contribution in [-0.4, -0.2) is 49.4 Å². The van der Waals surface area contributed by atoms with Crippen molar-refractivity contribution in [3.05, 3.63) is 48.1 Å². The summed E-state index contributed by atoms with van der Waals surface area (Å²) in [6.45, 7) is 6.97. The Morgan fingerprint density at radius 2 is 2.14 bits per heavy atom. The predicted octanol–water partition coefficient (Wildman–Crippen LogP) is 2.20. The van der Waals surface area contributed by atoms with Crippen LogP contribution in [0.4, 0.5) is 5.69 Å². The normalized spacial score (nSPS) is 19.2. The maximum atomic E-state index is 13.5. The Balaban J connectivity index is 1.93. The van der Waals surface area contributed by atoms with Gasteiger partial charge in [0, 0.05) is 25.6 Å². The molecule has 2 amide bonds. The van der Waals surface area contributed by atoms with E-state index in [0.29, 0.717) is 49.0 Å². The van der Waals surface area contributed by atoms with Crippen molar-refractivity contribution in [2.24, 2.45) is 4.99 Å². The zero-order chi connectivity index (χ0) is 20.8. The van der Waals surface area contributed by atoms with E-state index in [4.69, 9.17) is 9.73 Å². The van der Waals surface area contributed by atoms with Crippen molar-refractivity contribution in [1.29, 1.82) is 0 Å². The number of hydrogen-bond donors (Lipinski definition) is 2. The average Bonchev–Trinajstić information content (AvgIpc) is 2.72. The lowest BCUT2D eigenvalue weighted by molar-refractivity contribution is -0.119. The van der Waals surface area contributed by atoms with Crippen LogP contribution in [0.1, 0.15) is 27.2 Å². The summed E-state index contributed by atoms with van der Waals surface area (Å²) in [5, 5.41) is 6.12. The summed E-state index contributed by atoms with van der Waals surface area (Å²) < 4.78 is 5.78. The maximum Gasteiger partial charge on any atom is 0.262 e. The number of carbonyl (C=O) groups excluding carboxylic acids is 2. The standard InChI is InChI=1S/C22H28N4O3/c1-4-29-20-12-8-7-11-19(20)26-21(15(2)23-13-14-24-16(3)27)25-18-10-6-5-9-17(18)22(26)28/h5-9,11-12,15,18,23H,4,10,13-14H2,1-3H3,(H,24,27). The number of allylic oxidation sites excluding steroid dienone is 2. The third kappa shape index (κ3) is 4.74. The Morgan fingerprint density at radius 1 is 1.34 bits per heavy atom. The summed E-state index contributed by atoms with van der Waals surface area (Å²) in [6.07, 6.45) is 6.50. The number of para-hydroxylation sites is 2. The largest absolute Gasteiger partial charge is 0.492 e. The molecular formula is C22H28N4O3. The van der Waals surface area contributed by atoms with Gasteiger partial charge >= 0.3 is 0 Å². The van der Waals surface area contributed by atoms with Crippen molar-refractivity contribution >= 4 is 23.3 Å². The number of anilines is 1. The second kappa shape index (κ2) is 9.52. The van der Waals surface area contributed by atoms with E-state index in [1.54, 1.807) is 4.90 Å². The van der Waals surface area contributed by atoms with Gasteiger partial charge in [-0.05, 0) is 32.4 Å². The molecule has 1 aliphatic carbocycles. The summed E-state index contributed by atoms with van der Waals surface area (Å²) in [4.78, 5) is 31.1. The van der Waals surface area contributed by atoms with Gasteiger partial charge in [0.15, 0.2) is 0 Å². The molecule has 0 saturated heterocycles. The number of aliphatic imine (C=N–C) groups is 1. The zero-order valence-electron chi connectivity index (χ0n) is 17.1. The van der Waals surface area contributed by atoms with Gasteiger partial charge in [-0.15, -0.1) is 0 Å². The van der Waals surface area contributed by atoms with E-state index < -0.39 is 0 Å². The number of nitrogens with zero attached hydrogens (tertiary/aromatic N) is 2. The first kappa shape index (κ1) is 20.8. The number of fused-ring (bicyclic) bond motifs is 1. The molecule has 0 bridgehead atoms. The van der Waals surface area contributed by atoms with E-state index in [1.165, 1.54) is 6.92 Å². The lowest BCUT2D eigenvalue weighted by Gasteiger charge is -2.36. The van der Waals surface area contributed by atoms with E-state index in [9.17, 15) is 9.59 Å². The Kier molecular flexibility index (Phi) is 6.82. The minimum absolute atomic E-state index is 0.0688. The summed E-state index contributed by atoms with van der Waals surface area (Å²) in [5.74, 6) is 1.15. The number of carbonyl (C=O) groups is 2. The molecule has 0 radical (unpaired) electrons. The van der Waals surface area contributed by atoms with Gasteiger partial charge < -0.3 is 15.4 Å². The fraction of sp³-hybridized carbons (Fsp3) is 0.409. The Morgan fingerprint density at radius 3 is 2.90 bits per heavy atom. The van der Waals surface area contributed by atoms with Crippen LogP contribution in [-0.2, 0) is 9.59 Å². The summed E-state index contributed by atoms with van der Waals surface area (Å²) in [5.41, 5.74) is 1.37. The molecule has 2 aliphatic rings. The highest BCUT2D eigenvalue weighted by molar-refractivity contribution is 6.26. The van der Waals surface area contributed by atoms with E-state index in [1.807, 2.05) is 56.3 Å². The number of hydrogen-bond acceptors (Lipinski definition) is 5. The zero-order valence-corrected chi connectivity index (χ0v) is 17.1. The summed E-state index contributed by atoms with van der Waals surface area (Å²) >= 11 is 0. The van der Waals surface area contributed by atoms with E-state index in [-0.39, 0.29) is 23.9 Å². The quantitative estimate of drug-likeness (QED) is 0.660. The van der Waals surface area contributed by atoms with Gasteiger partial charge in [0.05, 0.1) is 24.4 Å². The molecule has 1 aromatic rings. The first-order valence-electron chi connectivity index (χ1n) is 10.0. The van der Waals surface area contributed by atoms with Gasteiger partial charge in [0.1, 0.15) is 11.6 Å². The van der Waals surface area contributed by atoms with Gasteiger partial charge in [-0.3, -0.25) is 19.5 Å². The van der Waals surface area contributed by atoms with Crippen molar-refractivity contribution in [3.63, 3.8) is 0 Å². The highest BCUT2D eigenvalue weighted by Gasteiger charge is 2.37. The highest BCUT2D eigenvalue weighted by Crippen LogP contribution is 2.34. The maximum absolute atomic E-state index is 13.5. The molecule has 0 aromatic heterocycles. The molecule has 2 N–H and O–H groups in total. The lowest BCUT2D eigenvalue weighted by Crippen LogP contribution is -2.53. The average molecular weight is 396 g/mol. The number of benzene rings is 1. The van der Waals surface area contributed by atoms with Crippen LogP contribution in [0.2, 0.25) is 0 Å².